The Balaban J connectivity index is 1.20. The van der Waals surface area contributed by atoms with Crippen molar-refractivity contribution < 1.29 is 23.1 Å². The summed E-state index contributed by atoms with van der Waals surface area (Å²) in [5.74, 6) is 7.67. The lowest BCUT2D eigenvalue weighted by molar-refractivity contribution is -0.138. The van der Waals surface area contributed by atoms with Crippen molar-refractivity contribution in [3.8, 4) is 23.1 Å². The van der Waals surface area contributed by atoms with Gasteiger partial charge in [-0.05, 0) is 80.5 Å². The fourth-order valence-corrected chi connectivity index (χ4v) is 7.62. The minimum absolute atomic E-state index is 0.0903. The summed E-state index contributed by atoms with van der Waals surface area (Å²) in [7, 11) is 0. The van der Waals surface area contributed by atoms with Gasteiger partial charge in [-0.1, -0.05) is 17.9 Å². The van der Waals surface area contributed by atoms with Crippen molar-refractivity contribution in [1.82, 2.24) is 15.2 Å². The zero-order valence-corrected chi connectivity index (χ0v) is 21.2. The molecule has 1 aliphatic heterocycles. The monoisotopic (exact) mass is 523 g/mol. The lowest BCUT2D eigenvalue weighted by Gasteiger charge is -2.57. The first kappa shape index (κ1) is 25.4. The van der Waals surface area contributed by atoms with Crippen LogP contribution < -0.4 is 5.32 Å². The van der Waals surface area contributed by atoms with Crippen LogP contribution >= 0.6 is 0 Å². The fraction of sp³-hybridized carbons (Fsp3) is 0.533. The number of nitrogens with zero attached hydrogens (tertiary/aromatic N) is 2. The van der Waals surface area contributed by atoms with E-state index in [1.165, 1.54) is 42.5 Å². The number of pyridine rings is 1. The highest BCUT2D eigenvalue weighted by Crippen LogP contribution is 2.61. The van der Waals surface area contributed by atoms with Gasteiger partial charge in [0.2, 0.25) is 0 Å². The van der Waals surface area contributed by atoms with Crippen LogP contribution in [0.2, 0.25) is 0 Å². The van der Waals surface area contributed by atoms with Crippen LogP contribution in [0.25, 0.3) is 11.3 Å². The number of carbonyl (C=O) groups excluding carboxylic acids is 1. The average Bonchev–Trinajstić information content (AvgIpc) is 2.90. The van der Waals surface area contributed by atoms with Crippen LogP contribution in [-0.4, -0.2) is 53.2 Å². The van der Waals surface area contributed by atoms with Gasteiger partial charge >= 0.3 is 6.18 Å². The van der Waals surface area contributed by atoms with Gasteiger partial charge < -0.3 is 15.3 Å². The second-order valence-electron chi connectivity index (χ2n) is 11.7. The van der Waals surface area contributed by atoms with Crippen LogP contribution in [0.1, 0.15) is 60.0 Å². The predicted molar refractivity (Wildman–Crippen MR) is 137 cm³/mol. The van der Waals surface area contributed by atoms with Gasteiger partial charge in [0.25, 0.3) is 5.91 Å². The summed E-state index contributed by atoms with van der Waals surface area (Å²) in [5.41, 5.74) is -0.134. The highest BCUT2D eigenvalue weighted by atomic mass is 19.4. The zero-order chi connectivity index (χ0) is 26.5. The molecule has 5 fully saturated rings. The minimum atomic E-state index is -4.67. The molecule has 7 rings (SSSR count). The van der Waals surface area contributed by atoms with Gasteiger partial charge in [-0.2, -0.15) is 13.2 Å². The van der Waals surface area contributed by atoms with Crippen molar-refractivity contribution in [3.63, 3.8) is 0 Å². The Labute approximate surface area is 220 Å². The number of aromatic nitrogens is 1. The van der Waals surface area contributed by atoms with E-state index in [0.717, 1.165) is 43.1 Å². The summed E-state index contributed by atoms with van der Waals surface area (Å²) in [6.07, 6.45) is 3.24. The van der Waals surface area contributed by atoms with Gasteiger partial charge in [0.15, 0.2) is 0 Å². The molecule has 200 valence electrons. The van der Waals surface area contributed by atoms with Gasteiger partial charge in [0.05, 0.1) is 16.8 Å². The van der Waals surface area contributed by atoms with E-state index in [1.54, 1.807) is 12.1 Å². The van der Waals surface area contributed by atoms with Crippen LogP contribution in [0.3, 0.4) is 0 Å². The van der Waals surface area contributed by atoms with E-state index >= 15 is 0 Å². The number of benzene rings is 1. The quantitative estimate of drug-likeness (QED) is 0.571. The van der Waals surface area contributed by atoms with Gasteiger partial charge in [0.1, 0.15) is 6.10 Å². The van der Waals surface area contributed by atoms with E-state index in [2.05, 4.69) is 22.1 Å². The Hall–Kier alpha value is -2.89. The normalized spacial score (nSPS) is 29.1. The van der Waals surface area contributed by atoms with Crippen LogP contribution in [0.4, 0.5) is 13.2 Å². The fourth-order valence-electron chi connectivity index (χ4n) is 7.62. The average molecular weight is 524 g/mol. The van der Waals surface area contributed by atoms with E-state index in [9.17, 15) is 23.1 Å². The first-order valence-corrected chi connectivity index (χ1v) is 13.6. The maximum absolute atomic E-state index is 13.9. The lowest BCUT2D eigenvalue weighted by Crippen LogP contribution is -2.51. The van der Waals surface area contributed by atoms with Gasteiger partial charge in [-0.15, -0.1) is 0 Å². The van der Waals surface area contributed by atoms with Crippen LogP contribution in [-0.2, 0) is 6.18 Å². The van der Waals surface area contributed by atoms with Crippen molar-refractivity contribution in [2.75, 3.05) is 26.2 Å². The molecule has 2 aromatic rings. The molecular weight excluding hydrogens is 491 g/mol. The van der Waals surface area contributed by atoms with Crippen molar-refractivity contribution in [2.45, 2.75) is 50.8 Å². The molecule has 0 spiro atoms. The standard InChI is InChI=1S/C30H32F3N3O2/c31-30(32,33)25-14-23(3-4-24(25)28(38)36-9-7-34-8-10-36)26-5-1-19(18-35-26)2-6-27(37)29-15-20-11-21(16-29)13-22(12-20)17-29/h1,3-5,14,18,20-22,27,34,37H,7-13,15-17H2. The molecule has 4 saturated carbocycles. The maximum atomic E-state index is 13.9. The van der Waals surface area contributed by atoms with Crippen molar-refractivity contribution in [2.24, 2.45) is 23.2 Å². The Morgan fingerprint density at radius 2 is 1.71 bits per heavy atom. The molecule has 0 radical (unpaired) electrons. The highest BCUT2D eigenvalue weighted by molar-refractivity contribution is 5.96. The number of aliphatic hydroxyl groups is 1. The lowest BCUT2D eigenvalue weighted by atomic mass is 9.48. The number of alkyl halides is 3. The first-order valence-electron chi connectivity index (χ1n) is 13.6. The number of hydrogen-bond acceptors (Lipinski definition) is 4. The number of hydrogen-bond donors (Lipinski definition) is 2. The van der Waals surface area contributed by atoms with Crippen molar-refractivity contribution in [3.05, 3.63) is 53.2 Å². The summed E-state index contributed by atoms with van der Waals surface area (Å²) in [6, 6.07) is 7.11. The van der Waals surface area contributed by atoms with Gasteiger partial charge in [-0.3, -0.25) is 9.78 Å². The van der Waals surface area contributed by atoms with Crippen molar-refractivity contribution >= 4 is 5.91 Å². The smallest absolute Gasteiger partial charge is 0.380 e. The second-order valence-corrected chi connectivity index (χ2v) is 11.7. The Morgan fingerprint density at radius 3 is 2.29 bits per heavy atom. The van der Waals surface area contributed by atoms with E-state index in [1.807, 2.05) is 0 Å². The second kappa shape index (κ2) is 9.69. The number of aliphatic hydroxyl groups excluding tert-OH is 1. The Kier molecular flexibility index (Phi) is 6.48. The van der Waals surface area contributed by atoms with E-state index in [0.29, 0.717) is 37.4 Å². The van der Waals surface area contributed by atoms with Crippen LogP contribution in [0.15, 0.2) is 36.5 Å². The number of rotatable bonds is 3. The molecule has 2 N–H and O–H groups in total. The molecule has 1 saturated heterocycles. The van der Waals surface area contributed by atoms with Crippen LogP contribution in [0, 0.1) is 35.0 Å². The summed E-state index contributed by atoms with van der Waals surface area (Å²) in [5, 5.41) is 14.1. The van der Waals surface area contributed by atoms with Crippen LogP contribution in [0.5, 0.6) is 0 Å². The third-order valence-corrected chi connectivity index (χ3v) is 9.04. The summed E-state index contributed by atoms with van der Waals surface area (Å²) < 4.78 is 41.8. The minimum Gasteiger partial charge on any atom is -0.380 e. The molecule has 2 heterocycles. The Morgan fingerprint density at radius 1 is 1.05 bits per heavy atom. The molecule has 5 nitrogen and oxygen atoms in total. The van der Waals surface area contributed by atoms with Gasteiger partial charge in [0, 0.05) is 48.9 Å². The van der Waals surface area contributed by atoms with E-state index in [-0.39, 0.29) is 16.5 Å². The zero-order valence-electron chi connectivity index (χ0n) is 21.2. The topological polar surface area (TPSA) is 65.5 Å². The molecule has 5 aliphatic rings. The Bertz CT molecular complexity index is 1240. The molecule has 4 aliphatic carbocycles. The molecule has 1 amide bonds. The molecular formula is C30H32F3N3O2. The predicted octanol–water partition coefficient (Wildman–Crippen LogP) is 4.74. The van der Waals surface area contributed by atoms with E-state index < -0.39 is 23.8 Å². The number of piperazine rings is 1. The largest absolute Gasteiger partial charge is 0.417 e. The van der Waals surface area contributed by atoms with Gasteiger partial charge in [-0.25, -0.2) is 0 Å². The molecule has 38 heavy (non-hydrogen) atoms. The molecule has 1 unspecified atom stereocenters. The summed E-state index contributed by atoms with van der Waals surface area (Å²) in [6.45, 7) is 1.87. The molecule has 8 heteroatoms. The molecule has 4 bridgehead atoms. The SMILES string of the molecule is O=C(c1ccc(-c2ccc(C#CC(O)C34CC5CC(CC(C5)C3)C4)cn2)cc1C(F)(F)F)N1CCNCC1. The highest BCUT2D eigenvalue weighted by Gasteiger charge is 2.53. The van der Waals surface area contributed by atoms with E-state index in [4.69, 9.17) is 0 Å². The summed E-state index contributed by atoms with van der Waals surface area (Å²) >= 11 is 0. The summed E-state index contributed by atoms with van der Waals surface area (Å²) in [4.78, 5) is 18.6. The molecule has 1 aromatic carbocycles. The number of amides is 1. The van der Waals surface area contributed by atoms with Crippen molar-refractivity contribution in [1.29, 1.82) is 0 Å². The number of nitrogens with one attached hydrogen (secondary N) is 1. The third-order valence-electron chi connectivity index (χ3n) is 9.04. The molecule has 1 atom stereocenters. The third kappa shape index (κ3) is 4.83. The number of halogens is 3. The molecule has 1 aromatic heterocycles. The number of carbonyl (C=O) groups is 1. The first-order chi connectivity index (χ1) is 18.2. The maximum Gasteiger partial charge on any atom is 0.417 e.